The summed E-state index contributed by atoms with van der Waals surface area (Å²) < 4.78 is 31.9. The number of halogens is 2. The van der Waals surface area contributed by atoms with Crippen LogP contribution < -0.4 is 15.6 Å². The highest BCUT2D eigenvalue weighted by Gasteiger charge is 2.31. The van der Waals surface area contributed by atoms with Gasteiger partial charge in [-0.25, -0.2) is 23.5 Å². The van der Waals surface area contributed by atoms with Crippen molar-refractivity contribution in [2.24, 2.45) is 7.05 Å². The maximum absolute atomic E-state index is 15.6. The van der Waals surface area contributed by atoms with Gasteiger partial charge in [-0.05, 0) is 19.5 Å². The first-order valence-corrected chi connectivity index (χ1v) is 13.4. The minimum absolute atomic E-state index is 0.00747. The lowest BCUT2D eigenvalue weighted by molar-refractivity contribution is 0.0695. The second-order valence-corrected chi connectivity index (χ2v) is 10.6. The third-order valence-electron chi connectivity index (χ3n) is 8.14. The molecule has 0 radical (unpaired) electrons. The number of hydrogen-bond donors (Lipinski definition) is 4. The van der Waals surface area contributed by atoms with Gasteiger partial charge >= 0.3 is 5.97 Å². The third kappa shape index (κ3) is 4.23. The number of hydrogen-bond acceptors (Lipinski definition) is 8. The molecule has 1 aliphatic heterocycles. The molecule has 5 aromatic rings. The molecule has 42 heavy (non-hydrogen) atoms. The minimum atomic E-state index is -1.35. The lowest BCUT2D eigenvalue weighted by atomic mass is 10.0. The van der Waals surface area contributed by atoms with Crippen molar-refractivity contribution < 1.29 is 23.8 Å². The van der Waals surface area contributed by atoms with Crippen LogP contribution in [0.1, 0.15) is 16.8 Å². The first-order valence-electron chi connectivity index (χ1n) is 13.4. The monoisotopic (exact) mass is 577 g/mol. The van der Waals surface area contributed by atoms with E-state index in [0.717, 1.165) is 12.5 Å². The molecule has 6 rings (SSSR count). The number of carbonyl (C=O) groups is 1. The molecule has 4 N–H and O–H groups in total. The van der Waals surface area contributed by atoms with Crippen molar-refractivity contribution >= 4 is 50.3 Å². The van der Waals surface area contributed by atoms with Gasteiger partial charge in [0.15, 0.2) is 11.6 Å². The molecule has 0 saturated carbocycles. The summed E-state index contributed by atoms with van der Waals surface area (Å²) in [5, 5.41) is 22.5. The van der Waals surface area contributed by atoms with E-state index >= 15 is 4.39 Å². The molecule has 11 nitrogen and oxygen atoms in total. The Balaban J connectivity index is 1.66. The number of rotatable bonds is 7. The van der Waals surface area contributed by atoms with Gasteiger partial charge < -0.3 is 30.0 Å². The van der Waals surface area contributed by atoms with E-state index in [1.807, 2.05) is 7.05 Å². The fourth-order valence-corrected chi connectivity index (χ4v) is 5.99. The molecule has 218 valence electrons. The smallest absolute Gasteiger partial charge is 0.341 e. The SMILES string of the molecule is CNc1cc(F)c(F)c2c1[nH]c1ncc(-c3cnc4c(c3)c(=O)c(C(=O)O)cn4C)c(N3CCC(N(C)CCO)C3)c12. The molecular formula is C29H29F2N7O4. The molecule has 5 heterocycles. The van der Waals surface area contributed by atoms with E-state index in [0.29, 0.717) is 64.3 Å². The van der Waals surface area contributed by atoms with Crippen molar-refractivity contribution in [3.63, 3.8) is 0 Å². The topological polar surface area (TPSA) is 140 Å². The van der Waals surface area contributed by atoms with Crippen LogP contribution in [0.15, 0.2) is 35.5 Å². The molecule has 1 unspecified atom stereocenters. The number of nitrogens with one attached hydrogen (secondary N) is 2. The predicted octanol–water partition coefficient (Wildman–Crippen LogP) is 3.15. The molecule has 0 bridgehead atoms. The maximum atomic E-state index is 15.6. The van der Waals surface area contributed by atoms with Gasteiger partial charge in [-0.15, -0.1) is 0 Å². The number of aromatic nitrogens is 4. The number of H-pyrrole nitrogens is 1. The number of nitrogens with zero attached hydrogens (tertiary/aromatic N) is 5. The molecule has 4 aromatic heterocycles. The van der Waals surface area contributed by atoms with Crippen molar-refractivity contribution in [3.05, 3.63) is 58.1 Å². The van der Waals surface area contributed by atoms with E-state index in [1.165, 1.54) is 10.8 Å². The molecule has 1 aliphatic rings. The molecule has 1 aromatic carbocycles. The van der Waals surface area contributed by atoms with E-state index in [-0.39, 0.29) is 29.0 Å². The van der Waals surface area contributed by atoms with Gasteiger partial charge in [-0.3, -0.25) is 9.69 Å². The Bertz CT molecular complexity index is 1950. The van der Waals surface area contributed by atoms with Crippen LogP contribution in [0.2, 0.25) is 0 Å². The number of carboxylic acids is 1. The van der Waals surface area contributed by atoms with Crippen LogP contribution in [0.3, 0.4) is 0 Å². The average molecular weight is 578 g/mol. The summed E-state index contributed by atoms with van der Waals surface area (Å²) in [4.78, 5) is 41.2. The van der Waals surface area contributed by atoms with E-state index < -0.39 is 23.0 Å². The molecule has 0 amide bonds. The summed E-state index contributed by atoms with van der Waals surface area (Å²) in [6.45, 7) is 1.62. The molecule has 0 spiro atoms. The first-order chi connectivity index (χ1) is 20.1. The van der Waals surface area contributed by atoms with E-state index in [2.05, 4.69) is 30.1 Å². The van der Waals surface area contributed by atoms with Crippen LogP contribution in [0, 0.1) is 11.6 Å². The van der Waals surface area contributed by atoms with Gasteiger partial charge in [0.1, 0.15) is 16.9 Å². The Morgan fingerprint density at radius 1 is 1.24 bits per heavy atom. The van der Waals surface area contributed by atoms with Crippen LogP contribution in [0.5, 0.6) is 0 Å². The Morgan fingerprint density at radius 2 is 2.02 bits per heavy atom. The summed E-state index contributed by atoms with van der Waals surface area (Å²) >= 11 is 0. The normalized spacial score (nSPS) is 15.5. The van der Waals surface area contributed by atoms with Gasteiger partial charge in [-0.1, -0.05) is 0 Å². The summed E-state index contributed by atoms with van der Waals surface area (Å²) in [6, 6.07) is 2.75. The highest BCUT2D eigenvalue weighted by Crippen LogP contribution is 2.44. The number of aliphatic hydroxyl groups excluding tert-OH is 1. The highest BCUT2D eigenvalue weighted by atomic mass is 19.2. The van der Waals surface area contributed by atoms with Crippen LogP contribution >= 0.6 is 0 Å². The number of likely N-dealkylation sites (N-methyl/N-ethyl adjacent to an activating group) is 1. The summed E-state index contributed by atoms with van der Waals surface area (Å²) in [6.07, 6.45) is 5.15. The lowest BCUT2D eigenvalue weighted by Crippen LogP contribution is -2.36. The fraction of sp³-hybridized carbons (Fsp3) is 0.310. The van der Waals surface area contributed by atoms with Crippen molar-refractivity contribution in [1.29, 1.82) is 0 Å². The second kappa shape index (κ2) is 10.3. The number of carboxylic acid groups (broad SMARTS) is 1. The zero-order valence-electron chi connectivity index (χ0n) is 23.2. The Kier molecular flexibility index (Phi) is 6.78. The van der Waals surface area contributed by atoms with Crippen molar-refractivity contribution in [2.75, 3.05) is 50.6 Å². The summed E-state index contributed by atoms with van der Waals surface area (Å²) in [5.74, 6) is -3.37. The molecule has 1 fully saturated rings. The van der Waals surface area contributed by atoms with E-state index in [9.17, 15) is 24.2 Å². The zero-order valence-corrected chi connectivity index (χ0v) is 23.2. The Hall–Kier alpha value is -4.62. The Labute approximate surface area is 238 Å². The number of aromatic carboxylic acids is 1. The lowest BCUT2D eigenvalue weighted by Gasteiger charge is -2.26. The zero-order chi connectivity index (χ0) is 29.9. The number of anilines is 2. The maximum Gasteiger partial charge on any atom is 0.341 e. The number of fused-ring (bicyclic) bond motifs is 4. The van der Waals surface area contributed by atoms with Crippen LogP contribution in [-0.4, -0.2) is 87.0 Å². The van der Waals surface area contributed by atoms with Gasteiger partial charge in [0, 0.05) is 75.6 Å². The molecule has 1 saturated heterocycles. The number of pyridine rings is 3. The van der Waals surface area contributed by atoms with Gasteiger partial charge in [0.05, 0.1) is 39.7 Å². The molecule has 13 heteroatoms. The number of aromatic amines is 1. The average Bonchev–Trinajstić information content (AvgIpc) is 3.62. The van der Waals surface area contributed by atoms with E-state index in [4.69, 9.17) is 0 Å². The van der Waals surface area contributed by atoms with Crippen molar-refractivity contribution in [3.8, 4) is 11.1 Å². The van der Waals surface area contributed by atoms with Gasteiger partial charge in [0.2, 0.25) is 5.43 Å². The highest BCUT2D eigenvalue weighted by molar-refractivity contribution is 6.18. The van der Waals surface area contributed by atoms with Crippen molar-refractivity contribution in [1.82, 2.24) is 24.4 Å². The van der Waals surface area contributed by atoms with Crippen LogP contribution in [0.25, 0.3) is 44.1 Å². The molecule has 0 aliphatic carbocycles. The van der Waals surface area contributed by atoms with Gasteiger partial charge in [-0.2, -0.15) is 0 Å². The largest absolute Gasteiger partial charge is 0.477 e. The second-order valence-electron chi connectivity index (χ2n) is 10.6. The number of aryl methyl sites for hydroxylation is 1. The van der Waals surface area contributed by atoms with Gasteiger partial charge in [0.25, 0.3) is 0 Å². The standard InChI is InChI=1S/C29H29F2N7O4/c1-32-20-9-19(30)23(31)21-22-25(38-5-4-15(12-38)36(2)6-7-39)17(11-33-27(22)35-24(20)21)14-8-16-26(40)18(29(41)42)13-37(3)28(16)34-10-14/h8-11,13,15,32,39H,4-7,12H2,1-3H3,(H,33,35)(H,41,42). The molecular weight excluding hydrogens is 548 g/mol. The number of benzene rings is 1. The summed E-state index contributed by atoms with van der Waals surface area (Å²) in [5.41, 5.74) is 1.91. The minimum Gasteiger partial charge on any atom is -0.477 e. The predicted molar refractivity (Wildman–Crippen MR) is 156 cm³/mol. The summed E-state index contributed by atoms with van der Waals surface area (Å²) in [7, 11) is 5.15. The first kappa shape index (κ1) is 27.5. The Morgan fingerprint density at radius 3 is 2.74 bits per heavy atom. The third-order valence-corrected chi connectivity index (χ3v) is 8.14. The van der Waals surface area contributed by atoms with Crippen molar-refractivity contribution in [2.45, 2.75) is 12.5 Å². The fourth-order valence-electron chi connectivity index (χ4n) is 5.99. The molecule has 1 atom stereocenters. The van der Waals surface area contributed by atoms with E-state index in [1.54, 1.807) is 32.6 Å². The van der Waals surface area contributed by atoms with Crippen LogP contribution in [-0.2, 0) is 7.05 Å². The quantitative estimate of drug-likeness (QED) is 0.230. The number of aliphatic hydroxyl groups is 1. The van der Waals surface area contributed by atoms with Crippen LogP contribution in [0.4, 0.5) is 20.2 Å².